The molecule has 3 rings (SSSR count). The van der Waals surface area contributed by atoms with Crippen molar-refractivity contribution in [2.75, 3.05) is 23.7 Å². The highest BCUT2D eigenvalue weighted by Crippen LogP contribution is 2.32. The standard InChI is InChI=1S/C16H21N3O3/c1-10(16(21)19-7-3-4-8-19)17-12-5-6-14-13(9-12)18-15(20)11(2)22-14/h5-6,9-11,17H,3-4,7-8H2,1-2H3,(H,18,20)/t10-,11+/m1/s1. The molecule has 1 fully saturated rings. The summed E-state index contributed by atoms with van der Waals surface area (Å²) in [6.45, 7) is 5.26. The largest absolute Gasteiger partial charge is 0.479 e. The molecule has 1 aromatic carbocycles. The molecule has 2 amide bonds. The Morgan fingerprint density at radius 2 is 2.14 bits per heavy atom. The van der Waals surface area contributed by atoms with Gasteiger partial charge in [-0.3, -0.25) is 9.59 Å². The fourth-order valence-corrected chi connectivity index (χ4v) is 2.82. The number of fused-ring (bicyclic) bond motifs is 1. The Labute approximate surface area is 129 Å². The molecule has 6 heteroatoms. The van der Waals surface area contributed by atoms with Crippen LogP contribution in [-0.2, 0) is 9.59 Å². The Morgan fingerprint density at radius 3 is 2.86 bits per heavy atom. The fourth-order valence-electron chi connectivity index (χ4n) is 2.82. The molecule has 2 atom stereocenters. The van der Waals surface area contributed by atoms with Crippen molar-refractivity contribution in [1.82, 2.24) is 4.90 Å². The van der Waals surface area contributed by atoms with Gasteiger partial charge in [0.05, 0.1) is 5.69 Å². The van der Waals surface area contributed by atoms with Crippen LogP contribution in [0.1, 0.15) is 26.7 Å². The number of nitrogens with zero attached hydrogens (tertiary/aromatic N) is 1. The Morgan fingerprint density at radius 1 is 1.41 bits per heavy atom. The minimum absolute atomic E-state index is 0.115. The van der Waals surface area contributed by atoms with Gasteiger partial charge in [0, 0.05) is 18.8 Å². The van der Waals surface area contributed by atoms with Crippen LogP contribution in [0.25, 0.3) is 0 Å². The van der Waals surface area contributed by atoms with E-state index in [0.29, 0.717) is 11.4 Å². The lowest BCUT2D eigenvalue weighted by Gasteiger charge is -2.25. The maximum atomic E-state index is 12.3. The molecule has 1 saturated heterocycles. The number of rotatable bonds is 3. The molecule has 0 aliphatic carbocycles. The van der Waals surface area contributed by atoms with E-state index in [0.717, 1.165) is 31.6 Å². The van der Waals surface area contributed by atoms with Crippen LogP contribution in [0, 0.1) is 0 Å². The monoisotopic (exact) mass is 303 g/mol. The first-order valence-electron chi connectivity index (χ1n) is 7.71. The van der Waals surface area contributed by atoms with Crippen molar-refractivity contribution in [3.63, 3.8) is 0 Å². The highest BCUT2D eigenvalue weighted by molar-refractivity contribution is 5.98. The van der Waals surface area contributed by atoms with E-state index < -0.39 is 6.10 Å². The first-order chi connectivity index (χ1) is 10.5. The van der Waals surface area contributed by atoms with E-state index in [1.165, 1.54) is 0 Å². The van der Waals surface area contributed by atoms with Crippen molar-refractivity contribution >= 4 is 23.2 Å². The smallest absolute Gasteiger partial charge is 0.265 e. The zero-order valence-corrected chi connectivity index (χ0v) is 12.9. The molecule has 0 bridgehead atoms. The lowest BCUT2D eigenvalue weighted by molar-refractivity contribution is -0.130. The third kappa shape index (κ3) is 2.86. The average Bonchev–Trinajstić information content (AvgIpc) is 3.02. The third-order valence-corrected chi connectivity index (χ3v) is 4.08. The van der Waals surface area contributed by atoms with Gasteiger partial charge in [-0.15, -0.1) is 0 Å². The number of hydrogen-bond donors (Lipinski definition) is 2. The molecule has 0 radical (unpaired) electrons. The minimum Gasteiger partial charge on any atom is -0.479 e. The van der Waals surface area contributed by atoms with Gasteiger partial charge in [0.2, 0.25) is 5.91 Å². The van der Waals surface area contributed by atoms with Crippen LogP contribution in [0.2, 0.25) is 0 Å². The molecule has 2 heterocycles. The van der Waals surface area contributed by atoms with Gasteiger partial charge in [-0.1, -0.05) is 0 Å². The molecule has 0 unspecified atom stereocenters. The number of nitrogens with one attached hydrogen (secondary N) is 2. The molecule has 0 saturated carbocycles. The predicted molar refractivity (Wildman–Crippen MR) is 84.1 cm³/mol. The summed E-state index contributed by atoms with van der Waals surface area (Å²) >= 11 is 0. The zero-order valence-electron chi connectivity index (χ0n) is 12.9. The lowest BCUT2D eigenvalue weighted by Crippen LogP contribution is -2.39. The number of carbonyl (C=O) groups excluding carboxylic acids is 2. The molecule has 0 spiro atoms. The van der Waals surface area contributed by atoms with E-state index in [9.17, 15) is 9.59 Å². The van der Waals surface area contributed by atoms with Gasteiger partial charge in [-0.25, -0.2) is 0 Å². The Balaban J connectivity index is 1.69. The van der Waals surface area contributed by atoms with Crippen LogP contribution in [0.5, 0.6) is 5.75 Å². The molecule has 2 aliphatic rings. The zero-order chi connectivity index (χ0) is 15.7. The van der Waals surface area contributed by atoms with Crippen LogP contribution < -0.4 is 15.4 Å². The summed E-state index contributed by atoms with van der Waals surface area (Å²) in [5.41, 5.74) is 1.42. The van der Waals surface area contributed by atoms with E-state index >= 15 is 0 Å². The second-order valence-electron chi connectivity index (χ2n) is 5.86. The quantitative estimate of drug-likeness (QED) is 0.893. The molecule has 118 valence electrons. The number of ether oxygens (including phenoxy) is 1. The number of benzene rings is 1. The summed E-state index contributed by atoms with van der Waals surface area (Å²) in [4.78, 5) is 25.8. The Hall–Kier alpha value is -2.24. The summed E-state index contributed by atoms with van der Waals surface area (Å²) < 4.78 is 5.52. The van der Waals surface area contributed by atoms with E-state index in [-0.39, 0.29) is 17.9 Å². The summed E-state index contributed by atoms with van der Waals surface area (Å²) in [7, 11) is 0. The van der Waals surface area contributed by atoms with Gasteiger partial charge in [-0.2, -0.15) is 0 Å². The second kappa shape index (κ2) is 5.87. The SMILES string of the molecule is C[C@@H]1Oc2ccc(N[C@H](C)C(=O)N3CCCC3)cc2NC1=O. The normalized spacial score (nSPS) is 21.6. The molecular weight excluding hydrogens is 282 g/mol. The van der Waals surface area contributed by atoms with Gasteiger partial charge < -0.3 is 20.3 Å². The van der Waals surface area contributed by atoms with Gasteiger partial charge in [0.1, 0.15) is 11.8 Å². The van der Waals surface area contributed by atoms with Crippen LogP contribution in [0.4, 0.5) is 11.4 Å². The third-order valence-electron chi connectivity index (χ3n) is 4.08. The van der Waals surface area contributed by atoms with Gasteiger partial charge in [-0.05, 0) is 44.9 Å². The fraction of sp³-hybridized carbons (Fsp3) is 0.500. The lowest BCUT2D eigenvalue weighted by atomic mass is 10.2. The Kier molecular flexibility index (Phi) is 3.92. The number of amides is 2. The average molecular weight is 303 g/mol. The first-order valence-corrected chi connectivity index (χ1v) is 7.71. The van der Waals surface area contributed by atoms with Crippen molar-refractivity contribution in [2.45, 2.75) is 38.8 Å². The van der Waals surface area contributed by atoms with Gasteiger partial charge >= 0.3 is 0 Å². The van der Waals surface area contributed by atoms with Crippen molar-refractivity contribution in [2.24, 2.45) is 0 Å². The van der Waals surface area contributed by atoms with Crippen molar-refractivity contribution in [3.05, 3.63) is 18.2 Å². The van der Waals surface area contributed by atoms with E-state index in [1.807, 2.05) is 17.9 Å². The van der Waals surface area contributed by atoms with Crippen LogP contribution >= 0.6 is 0 Å². The van der Waals surface area contributed by atoms with Crippen molar-refractivity contribution in [1.29, 1.82) is 0 Å². The summed E-state index contributed by atoms with van der Waals surface area (Å²) in [5.74, 6) is 0.603. The first kappa shape index (κ1) is 14.7. The van der Waals surface area contributed by atoms with Crippen molar-refractivity contribution in [3.8, 4) is 5.75 Å². The maximum Gasteiger partial charge on any atom is 0.265 e. The number of likely N-dealkylation sites (tertiary alicyclic amines) is 1. The number of carbonyl (C=O) groups is 2. The summed E-state index contributed by atoms with van der Waals surface area (Å²) in [6, 6.07) is 5.17. The van der Waals surface area contributed by atoms with Gasteiger partial charge in [0.15, 0.2) is 6.10 Å². The molecule has 2 N–H and O–H groups in total. The molecular formula is C16H21N3O3. The van der Waals surface area contributed by atoms with Crippen LogP contribution in [0.3, 0.4) is 0 Å². The molecule has 2 aliphatic heterocycles. The maximum absolute atomic E-state index is 12.3. The molecule has 1 aromatic rings. The van der Waals surface area contributed by atoms with E-state index in [4.69, 9.17) is 4.74 Å². The van der Waals surface area contributed by atoms with Crippen molar-refractivity contribution < 1.29 is 14.3 Å². The van der Waals surface area contributed by atoms with E-state index in [2.05, 4.69) is 10.6 Å². The minimum atomic E-state index is -0.484. The number of hydrogen-bond acceptors (Lipinski definition) is 4. The molecule has 22 heavy (non-hydrogen) atoms. The molecule has 6 nitrogen and oxygen atoms in total. The highest BCUT2D eigenvalue weighted by atomic mass is 16.5. The molecule has 0 aromatic heterocycles. The Bertz CT molecular complexity index is 596. The predicted octanol–water partition coefficient (Wildman–Crippen LogP) is 1.83. The summed E-state index contributed by atoms with van der Waals surface area (Å²) in [6.07, 6.45) is 1.68. The van der Waals surface area contributed by atoms with Crippen LogP contribution in [0.15, 0.2) is 18.2 Å². The van der Waals surface area contributed by atoms with Crippen LogP contribution in [-0.4, -0.2) is 41.9 Å². The van der Waals surface area contributed by atoms with E-state index in [1.54, 1.807) is 19.1 Å². The summed E-state index contributed by atoms with van der Waals surface area (Å²) in [5, 5.41) is 6.00. The topological polar surface area (TPSA) is 70.7 Å². The second-order valence-corrected chi connectivity index (χ2v) is 5.86. The van der Waals surface area contributed by atoms with Gasteiger partial charge in [0.25, 0.3) is 5.91 Å². The number of anilines is 2. The highest BCUT2D eigenvalue weighted by Gasteiger charge is 2.25.